The lowest BCUT2D eigenvalue weighted by atomic mass is 10.2. The highest BCUT2D eigenvalue weighted by Gasteiger charge is 2.20. The largest absolute Gasteiger partial charge is 0.497 e. The molecule has 6 heteroatoms. The second kappa shape index (κ2) is 7.52. The van der Waals surface area contributed by atoms with Crippen molar-refractivity contribution in [2.75, 3.05) is 12.8 Å². The maximum Gasteiger partial charge on any atom is 0.339 e. The lowest BCUT2D eigenvalue weighted by Gasteiger charge is -2.17. The number of carbonyl (C=O) groups is 2. The molecule has 116 valence electrons. The number of ether oxygens (including phenoxy) is 2. The molecule has 0 saturated heterocycles. The van der Waals surface area contributed by atoms with Gasteiger partial charge in [0.05, 0.1) is 12.7 Å². The van der Waals surface area contributed by atoms with Gasteiger partial charge in [0.15, 0.2) is 6.10 Å². The molecule has 1 aromatic carbocycles. The molecular weight excluding hydrogens is 272 g/mol. The summed E-state index contributed by atoms with van der Waals surface area (Å²) in [4.78, 5) is 23.9. The van der Waals surface area contributed by atoms with E-state index in [9.17, 15) is 9.59 Å². The SMILES string of the molecule is CCC(C)NC(=O)C(C)OC(=O)c1cc(N)cc(OC)c1. The van der Waals surface area contributed by atoms with Crippen LogP contribution in [0.2, 0.25) is 0 Å². The summed E-state index contributed by atoms with van der Waals surface area (Å²) in [6, 6.07) is 4.61. The van der Waals surface area contributed by atoms with E-state index in [0.717, 1.165) is 6.42 Å². The van der Waals surface area contributed by atoms with Crippen molar-refractivity contribution in [3.05, 3.63) is 23.8 Å². The molecule has 0 saturated carbocycles. The van der Waals surface area contributed by atoms with Crippen LogP contribution in [-0.4, -0.2) is 31.1 Å². The van der Waals surface area contributed by atoms with E-state index in [1.807, 2.05) is 13.8 Å². The number of hydrogen-bond acceptors (Lipinski definition) is 5. The van der Waals surface area contributed by atoms with Crippen molar-refractivity contribution in [1.29, 1.82) is 0 Å². The summed E-state index contributed by atoms with van der Waals surface area (Å²) in [5.74, 6) is -0.486. The summed E-state index contributed by atoms with van der Waals surface area (Å²) in [5, 5.41) is 2.75. The van der Waals surface area contributed by atoms with Gasteiger partial charge in [-0.25, -0.2) is 4.79 Å². The van der Waals surface area contributed by atoms with Crippen LogP contribution in [-0.2, 0) is 9.53 Å². The third-order valence-electron chi connectivity index (χ3n) is 3.05. The molecule has 0 fully saturated rings. The fourth-order valence-electron chi connectivity index (χ4n) is 1.60. The minimum atomic E-state index is -0.876. The number of methoxy groups -OCH3 is 1. The third-order valence-corrected chi connectivity index (χ3v) is 3.05. The van der Waals surface area contributed by atoms with Crippen molar-refractivity contribution in [3.63, 3.8) is 0 Å². The molecule has 0 aromatic heterocycles. The van der Waals surface area contributed by atoms with E-state index < -0.39 is 12.1 Å². The molecular formula is C15H22N2O4. The third kappa shape index (κ3) is 4.98. The summed E-state index contributed by atoms with van der Waals surface area (Å²) in [5.41, 5.74) is 6.31. The average molecular weight is 294 g/mol. The highest BCUT2D eigenvalue weighted by atomic mass is 16.5. The van der Waals surface area contributed by atoms with Gasteiger partial charge in [-0.2, -0.15) is 0 Å². The normalized spacial score (nSPS) is 13.1. The van der Waals surface area contributed by atoms with E-state index in [4.69, 9.17) is 15.2 Å². The van der Waals surface area contributed by atoms with Crippen LogP contribution < -0.4 is 15.8 Å². The maximum absolute atomic E-state index is 12.0. The van der Waals surface area contributed by atoms with E-state index in [1.165, 1.54) is 26.2 Å². The number of nitrogen functional groups attached to an aromatic ring is 1. The Balaban J connectivity index is 2.72. The minimum Gasteiger partial charge on any atom is -0.497 e. The first-order valence-electron chi connectivity index (χ1n) is 6.83. The predicted molar refractivity (Wildman–Crippen MR) is 80.2 cm³/mol. The molecule has 3 N–H and O–H groups in total. The Kier molecular flexibility index (Phi) is 6.02. The Hall–Kier alpha value is -2.24. The van der Waals surface area contributed by atoms with Crippen LogP contribution in [0.5, 0.6) is 5.75 Å². The van der Waals surface area contributed by atoms with Crippen molar-refractivity contribution in [2.45, 2.75) is 39.3 Å². The van der Waals surface area contributed by atoms with Gasteiger partial charge >= 0.3 is 5.97 Å². The molecule has 2 unspecified atom stereocenters. The Morgan fingerprint density at radius 2 is 1.95 bits per heavy atom. The standard InChI is InChI=1S/C15H22N2O4/c1-5-9(2)17-14(18)10(3)21-15(19)11-6-12(16)8-13(7-11)20-4/h6-10H,5,16H2,1-4H3,(H,17,18). The van der Waals surface area contributed by atoms with Crippen LogP contribution in [0.4, 0.5) is 5.69 Å². The molecule has 21 heavy (non-hydrogen) atoms. The van der Waals surface area contributed by atoms with Gasteiger partial charge in [-0.05, 0) is 32.4 Å². The van der Waals surface area contributed by atoms with Gasteiger partial charge in [0.2, 0.25) is 0 Å². The average Bonchev–Trinajstić information content (AvgIpc) is 2.45. The van der Waals surface area contributed by atoms with Crippen molar-refractivity contribution in [3.8, 4) is 5.75 Å². The highest BCUT2D eigenvalue weighted by molar-refractivity contribution is 5.93. The topological polar surface area (TPSA) is 90.7 Å². The fraction of sp³-hybridized carbons (Fsp3) is 0.467. The molecule has 6 nitrogen and oxygen atoms in total. The zero-order valence-electron chi connectivity index (χ0n) is 12.8. The van der Waals surface area contributed by atoms with Gasteiger partial charge in [0, 0.05) is 17.8 Å². The summed E-state index contributed by atoms with van der Waals surface area (Å²) in [6.07, 6.45) is -0.0716. The smallest absolute Gasteiger partial charge is 0.339 e. The van der Waals surface area contributed by atoms with E-state index >= 15 is 0 Å². The first-order chi connectivity index (χ1) is 9.87. The molecule has 0 aliphatic carbocycles. The van der Waals surface area contributed by atoms with E-state index in [-0.39, 0.29) is 17.5 Å². The first kappa shape index (κ1) is 16.8. The number of nitrogens with one attached hydrogen (secondary N) is 1. The number of esters is 1. The quantitative estimate of drug-likeness (QED) is 0.616. The van der Waals surface area contributed by atoms with Crippen molar-refractivity contribution >= 4 is 17.6 Å². The molecule has 1 amide bonds. The molecule has 0 bridgehead atoms. The van der Waals surface area contributed by atoms with Crippen LogP contribution in [0.3, 0.4) is 0 Å². The van der Waals surface area contributed by atoms with Crippen LogP contribution in [0, 0.1) is 0 Å². The summed E-state index contributed by atoms with van der Waals surface area (Å²) < 4.78 is 10.2. The van der Waals surface area contributed by atoms with Gasteiger partial charge in [-0.1, -0.05) is 6.92 Å². The molecule has 2 atom stereocenters. The van der Waals surface area contributed by atoms with Gasteiger partial charge in [0.1, 0.15) is 5.75 Å². The Bertz CT molecular complexity index is 516. The van der Waals surface area contributed by atoms with Crippen LogP contribution in [0.25, 0.3) is 0 Å². The Labute approximate surface area is 124 Å². The van der Waals surface area contributed by atoms with Gasteiger partial charge < -0.3 is 20.5 Å². The maximum atomic E-state index is 12.0. The van der Waals surface area contributed by atoms with E-state index in [2.05, 4.69) is 5.32 Å². The number of hydrogen-bond donors (Lipinski definition) is 2. The lowest BCUT2D eigenvalue weighted by molar-refractivity contribution is -0.129. The number of nitrogens with two attached hydrogens (primary N) is 1. The molecule has 0 aliphatic heterocycles. The predicted octanol–water partition coefficient (Wildman–Crippen LogP) is 1.74. The molecule has 1 aromatic rings. The molecule has 0 spiro atoms. The molecule has 0 heterocycles. The monoisotopic (exact) mass is 294 g/mol. The Morgan fingerprint density at radius 3 is 2.52 bits per heavy atom. The number of rotatable bonds is 6. The molecule has 1 rings (SSSR count). The van der Waals surface area contributed by atoms with Crippen LogP contribution in [0.1, 0.15) is 37.6 Å². The van der Waals surface area contributed by atoms with Gasteiger partial charge in [0.25, 0.3) is 5.91 Å². The Morgan fingerprint density at radius 1 is 1.29 bits per heavy atom. The van der Waals surface area contributed by atoms with Gasteiger partial charge in [-0.3, -0.25) is 4.79 Å². The fourth-order valence-corrected chi connectivity index (χ4v) is 1.60. The number of benzene rings is 1. The highest BCUT2D eigenvalue weighted by Crippen LogP contribution is 2.19. The summed E-state index contributed by atoms with van der Waals surface area (Å²) >= 11 is 0. The van der Waals surface area contributed by atoms with Crippen LogP contribution in [0.15, 0.2) is 18.2 Å². The van der Waals surface area contributed by atoms with Crippen LogP contribution >= 0.6 is 0 Å². The number of carbonyl (C=O) groups excluding carboxylic acids is 2. The van der Waals surface area contributed by atoms with Crippen molar-refractivity contribution < 1.29 is 19.1 Å². The second-order valence-electron chi connectivity index (χ2n) is 4.86. The first-order valence-corrected chi connectivity index (χ1v) is 6.83. The van der Waals surface area contributed by atoms with E-state index in [0.29, 0.717) is 11.4 Å². The zero-order valence-corrected chi connectivity index (χ0v) is 12.8. The van der Waals surface area contributed by atoms with Crippen molar-refractivity contribution in [2.24, 2.45) is 0 Å². The van der Waals surface area contributed by atoms with E-state index in [1.54, 1.807) is 6.07 Å². The molecule has 0 aliphatic rings. The number of amides is 1. The summed E-state index contributed by atoms with van der Waals surface area (Å²) in [6.45, 7) is 5.37. The van der Waals surface area contributed by atoms with Gasteiger partial charge in [-0.15, -0.1) is 0 Å². The minimum absolute atomic E-state index is 0.0334. The summed E-state index contributed by atoms with van der Waals surface area (Å²) in [7, 11) is 1.48. The van der Waals surface area contributed by atoms with Crippen molar-refractivity contribution in [1.82, 2.24) is 5.32 Å². The zero-order chi connectivity index (χ0) is 16.0. The lowest BCUT2D eigenvalue weighted by Crippen LogP contribution is -2.40. The number of anilines is 1. The second-order valence-corrected chi connectivity index (χ2v) is 4.86. The molecule has 0 radical (unpaired) electrons.